The first-order chi connectivity index (χ1) is 10.1. The molecule has 2 unspecified atom stereocenters. The van der Waals surface area contributed by atoms with Gasteiger partial charge in [0.05, 0.1) is 17.0 Å². The normalized spacial score (nSPS) is 23.2. The Morgan fingerprint density at radius 2 is 2.14 bits per heavy atom. The van der Waals surface area contributed by atoms with E-state index < -0.39 is 9.84 Å². The number of hydrogen-bond donors (Lipinski definition) is 1. The van der Waals surface area contributed by atoms with Gasteiger partial charge in [-0.3, -0.25) is 0 Å². The van der Waals surface area contributed by atoms with Crippen LogP contribution in [0.3, 0.4) is 0 Å². The minimum absolute atomic E-state index is 0.257. The number of nitrogens with one attached hydrogen (secondary N) is 1. The van der Waals surface area contributed by atoms with Crippen LogP contribution in [0.5, 0.6) is 0 Å². The van der Waals surface area contributed by atoms with Crippen LogP contribution in [0.4, 0.5) is 0 Å². The van der Waals surface area contributed by atoms with E-state index in [4.69, 9.17) is 4.42 Å². The predicted octanol–water partition coefficient (Wildman–Crippen LogP) is 3.05. The maximum absolute atomic E-state index is 12.4. The van der Waals surface area contributed by atoms with Crippen LogP contribution in [0.15, 0.2) is 34.7 Å². The smallest absolute Gasteiger partial charge is 0.155 e. The van der Waals surface area contributed by atoms with Crippen molar-refractivity contribution >= 4 is 20.8 Å². The van der Waals surface area contributed by atoms with Gasteiger partial charge < -0.3 is 9.73 Å². The van der Waals surface area contributed by atoms with Gasteiger partial charge in [0, 0.05) is 5.39 Å². The molecule has 0 saturated carbocycles. The number of sulfone groups is 1. The van der Waals surface area contributed by atoms with Crippen molar-refractivity contribution in [2.24, 2.45) is 0 Å². The highest BCUT2D eigenvalue weighted by Gasteiger charge is 2.37. The van der Waals surface area contributed by atoms with Crippen molar-refractivity contribution in [3.05, 3.63) is 36.1 Å². The molecule has 2 atom stereocenters. The Morgan fingerprint density at radius 1 is 1.33 bits per heavy atom. The first-order valence-electron chi connectivity index (χ1n) is 7.55. The summed E-state index contributed by atoms with van der Waals surface area (Å²) >= 11 is 0. The Hall–Kier alpha value is -1.33. The lowest BCUT2D eigenvalue weighted by Gasteiger charge is -2.29. The summed E-state index contributed by atoms with van der Waals surface area (Å²) in [6, 6.07) is 9.49. The molecular weight excluding hydrogens is 286 g/mol. The highest BCUT2D eigenvalue weighted by atomic mass is 32.2. The zero-order valence-corrected chi connectivity index (χ0v) is 13.0. The van der Waals surface area contributed by atoms with Crippen LogP contribution in [0.2, 0.25) is 0 Å². The summed E-state index contributed by atoms with van der Waals surface area (Å²) in [5.41, 5.74) is 0.809. The molecule has 1 fully saturated rings. The van der Waals surface area contributed by atoms with E-state index in [0.717, 1.165) is 29.6 Å². The lowest BCUT2D eigenvalue weighted by molar-refractivity contribution is 0.393. The minimum Gasteiger partial charge on any atom is -0.459 e. The lowest BCUT2D eigenvalue weighted by atomic mass is 10.0. The maximum Gasteiger partial charge on any atom is 0.155 e. The number of furan rings is 1. The van der Waals surface area contributed by atoms with Crippen molar-refractivity contribution in [2.45, 2.75) is 37.5 Å². The Kier molecular flexibility index (Phi) is 4.04. The van der Waals surface area contributed by atoms with Crippen molar-refractivity contribution in [3.8, 4) is 0 Å². The largest absolute Gasteiger partial charge is 0.459 e. The van der Waals surface area contributed by atoms with Crippen LogP contribution < -0.4 is 5.32 Å². The second kappa shape index (κ2) is 5.81. The van der Waals surface area contributed by atoms with E-state index in [2.05, 4.69) is 5.32 Å². The van der Waals surface area contributed by atoms with Crippen LogP contribution in [0.1, 0.15) is 38.0 Å². The molecular formula is C16H21NO3S. The van der Waals surface area contributed by atoms with E-state index in [1.54, 1.807) is 0 Å². The molecule has 1 N–H and O–H groups in total. The van der Waals surface area contributed by atoms with Crippen molar-refractivity contribution in [1.29, 1.82) is 0 Å². The summed E-state index contributed by atoms with van der Waals surface area (Å²) in [5.74, 6) is 1.02. The number of fused-ring (bicyclic) bond motifs is 1. The molecule has 0 radical (unpaired) electrons. The highest BCUT2D eigenvalue weighted by Crippen LogP contribution is 2.33. The van der Waals surface area contributed by atoms with Gasteiger partial charge in [0.2, 0.25) is 0 Å². The molecule has 0 bridgehead atoms. The maximum atomic E-state index is 12.4. The van der Waals surface area contributed by atoms with Gasteiger partial charge in [-0.05, 0) is 31.5 Å². The van der Waals surface area contributed by atoms with Crippen molar-refractivity contribution in [2.75, 3.05) is 12.3 Å². The van der Waals surface area contributed by atoms with E-state index in [0.29, 0.717) is 18.7 Å². The monoisotopic (exact) mass is 307 g/mol. The Labute approximate surface area is 125 Å². The number of rotatable bonds is 4. The van der Waals surface area contributed by atoms with Gasteiger partial charge in [0.25, 0.3) is 0 Å². The van der Waals surface area contributed by atoms with E-state index in [1.165, 1.54) is 0 Å². The van der Waals surface area contributed by atoms with Crippen LogP contribution in [0, 0.1) is 0 Å². The molecule has 5 heteroatoms. The molecule has 114 valence electrons. The zero-order chi connectivity index (χ0) is 14.9. The minimum atomic E-state index is -3.05. The molecule has 1 aromatic heterocycles. The van der Waals surface area contributed by atoms with Gasteiger partial charge >= 0.3 is 0 Å². The first-order valence-corrected chi connectivity index (χ1v) is 9.27. The van der Waals surface area contributed by atoms with E-state index in [1.807, 2.05) is 37.3 Å². The first kappa shape index (κ1) is 14.6. The Bertz CT molecular complexity index is 687. The fourth-order valence-electron chi connectivity index (χ4n) is 3.14. The van der Waals surface area contributed by atoms with Crippen molar-refractivity contribution in [1.82, 2.24) is 5.32 Å². The van der Waals surface area contributed by atoms with Gasteiger partial charge in [-0.1, -0.05) is 31.5 Å². The van der Waals surface area contributed by atoms with Crippen LogP contribution in [-0.2, 0) is 9.84 Å². The van der Waals surface area contributed by atoms with E-state index in [9.17, 15) is 8.42 Å². The third kappa shape index (κ3) is 2.85. The summed E-state index contributed by atoms with van der Waals surface area (Å²) in [6.07, 6.45) is 2.45. The van der Waals surface area contributed by atoms with E-state index >= 15 is 0 Å². The summed E-state index contributed by atoms with van der Waals surface area (Å²) in [5, 5.41) is 3.95. The van der Waals surface area contributed by atoms with Crippen molar-refractivity contribution in [3.63, 3.8) is 0 Å². The highest BCUT2D eigenvalue weighted by molar-refractivity contribution is 7.92. The molecule has 21 heavy (non-hydrogen) atoms. The molecule has 1 aromatic carbocycles. The standard InChI is InChI=1S/C16H21NO3S/c1-2-17-16(15-9-5-6-10-21(15,18)19)14-11-12-7-3-4-8-13(12)20-14/h3-4,7-8,11,15-17H,2,5-6,9-10H2,1H3. The summed E-state index contributed by atoms with van der Waals surface area (Å²) < 4.78 is 30.7. The topological polar surface area (TPSA) is 59.3 Å². The van der Waals surface area contributed by atoms with Crippen molar-refractivity contribution < 1.29 is 12.8 Å². The Morgan fingerprint density at radius 3 is 2.86 bits per heavy atom. The lowest BCUT2D eigenvalue weighted by Crippen LogP contribution is -2.40. The van der Waals surface area contributed by atoms with Gasteiger partial charge in [0.15, 0.2) is 9.84 Å². The molecule has 1 aliphatic heterocycles. The number of hydrogen-bond acceptors (Lipinski definition) is 4. The van der Waals surface area contributed by atoms with Gasteiger partial charge in [-0.15, -0.1) is 0 Å². The number of para-hydroxylation sites is 1. The predicted molar refractivity (Wildman–Crippen MR) is 84.1 cm³/mol. The molecule has 0 spiro atoms. The molecule has 3 rings (SSSR count). The van der Waals surface area contributed by atoms with Gasteiger partial charge in [-0.2, -0.15) is 0 Å². The van der Waals surface area contributed by atoms with Crippen LogP contribution >= 0.6 is 0 Å². The fraction of sp³-hybridized carbons (Fsp3) is 0.500. The molecule has 0 aliphatic carbocycles. The molecule has 2 heterocycles. The quantitative estimate of drug-likeness (QED) is 0.943. The van der Waals surface area contributed by atoms with Crippen LogP contribution in [0.25, 0.3) is 11.0 Å². The average Bonchev–Trinajstić information content (AvgIpc) is 2.88. The summed E-state index contributed by atoms with van der Waals surface area (Å²) in [4.78, 5) is 0. The summed E-state index contributed by atoms with van der Waals surface area (Å²) in [6.45, 7) is 2.71. The summed E-state index contributed by atoms with van der Waals surface area (Å²) in [7, 11) is -3.05. The third-order valence-corrected chi connectivity index (χ3v) is 6.46. The third-order valence-electron chi connectivity index (χ3n) is 4.18. The SMILES string of the molecule is CCNC(c1cc2ccccc2o1)C1CCCCS1(=O)=O. The molecule has 2 aromatic rings. The fourth-order valence-corrected chi connectivity index (χ4v) is 5.22. The average molecular weight is 307 g/mol. The number of benzene rings is 1. The van der Waals surface area contributed by atoms with Gasteiger partial charge in [0.1, 0.15) is 11.3 Å². The molecule has 1 saturated heterocycles. The van der Waals surface area contributed by atoms with Gasteiger partial charge in [-0.25, -0.2) is 8.42 Å². The Balaban J connectivity index is 2.00. The molecule has 4 nitrogen and oxygen atoms in total. The van der Waals surface area contributed by atoms with E-state index in [-0.39, 0.29) is 11.3 Å². The van der Waals surface area contributed by atoms with Crippen LogP contribution in [-0.4, -0.2) is 26.0 Å². The zero-order valence-electron chi connectivity index (χ0n) is 12.2. The molecule has 0 amide bonds. The second-order valence-corrected chi connectivity index (χ2v) is 7.96. The second-order valence-electron chi connectivity index (χ2n) is 5.62. The molecule has 1 aliphatic rings.